The van der Waals surface area contributed by atoms with Gasteiger partial charge in [-0.25, -0.2) is 0 Å². The van der Waals surface area contributed by atoms with Gasteiger partial charge in [0.25, 0.3) is 0 Å². The molecular formula is C15H27N3. The molecule has 1 saturated carbocycles. The highest BCUT2D eigenvalue weighted by atomic mass is 15.3. The van der Waals surface area contributed by atoms with Gasteiger partial charge in [0.05, 0.1) is 5.69 Å². The maximum absolute atomic E-state index is 6.16. The van der Waals surface area contributed by atoms with Gasteiger partial charge >= 0.3 is 0 Å². The molecule has 1 fully saturated rings. The van der Waals surface area contributed by atoms with Gasteiger partial charge in [0.2, 0.25) is 0 Å². The van der Waals surface area contributed by atoms with Gasteiger partial charge < -0.3 is 5.73 Å². The Bertz CT molecular complexity index is 387. The lowest BCUT2D eigenvalue weighted by Gasteiger charge is -2.21. The molecule has 0 saturated heterocycles. The predicted octanol–water partition coefficient (Wildman–Crippen LogP) is 3.32. The van der Waals surface area contributed by atoms with Crippen molar-refractivity contribution in [3.63, 3.8) is 0 Å². The summed E-state index contributed by atoms with van der Waals surface area (Å²) < 4.78 is 1.86. The van der Waals surface area contributed by atoms with Crippen molar-refractivity contribution in [1.82, 2.24) is 9.78 Å². The SMILES string of the molecule is CC(C)Cc1c(CC2CCCCC2)nn(C)c1N. The second-order valence-corrected chi connectivity index (χ2v) is 6.24. The van der Waals surface area contributed by atoms with Crippen LogP contribution in [0.1, 0.15) is 57.2 Å². The van der Waals surface area contributed by atoms with E-state index in [4.69, 9.17) is 5.73 Å². The summed E-state index contributed by atoms with van der Waals surface area (Å²) in [4.78, 5) is 0. The second-order valence-electron chi connectivity index (χ2n) is 6.24. The van der Waals surface area contributed by atoms with E-state index in [2.05, 4.69) is 18.9 Å². The van der Waals surface area contributed by atoms with Crippen molar-refractivity contribution in [1.29, 1.82) is 0 Å². The molecule has 0 radical (unpaired) electrons. The van der Waals surface area contributed by atoms with Crippen molar-refractivity contribution >= 4 is 5.82 Å². The molecule has 2 rings (SSSR count). The van der Waals surface area contributed by atoms with Gasteiger partial charge in [0.1, 0.15) is 5.82 Å². The van der Waals surface area contributed by atoms with Crippen molar-refractivity contribution in [2.24, 2.45) is 18.9 Å². The Morgan fingerprint density at radius 3 is 2.56 bits per heavy atom. The van der Waals surface area contributed by atoms with E-state index in [1.54, 1.807) is 0 Å². The fourth-order valence-corrected chi connectivity index (χ4v) is 3.10. The molecule has 0 atom stereocenters. The molecule has 2 N–H and O–H groups in total. The van der Waals surface area contributed by atoms with Crippen LogP contribution in [0.25, 0.3) is 0 Å². The summed E-state index contributed by atoms with van der Waals surface area (Å²) in [6.45, 7) is 4.49. The lowest BCUT2D eigenvalue weighted by atomic mass is 9.85. The number of anilines is 1. The van der Waals surface area contributed by atoms with Crippen LogP contribution in [-0.4, -0.2) is 9.78 Å². The third-order valence-corrected chi connectivity index (χ3v) is 4.10. The molecule has 0 amide bonds. The summed E-state index contributed by atoms with van der Waals surface area (Å²) in [5.41, 5.74) is 8.72. The Labute approximate surface area is 111 Å². The van der Waals surface area contributed by atoms with Crippen molar-refractivity contribution in [3.8, 4) is 0 Å². The van der Waals surface area contributed by atoms with Crippen LogP contribution < -0.4 is 5.73 Å². The highest BCUT2D eigenvalue weighted by Crippen LogP contribution is 2.29. The lowest BCUT2D eigenvalue weighted by molar-refractivity contribution is 0.352. The smallest absolute Gasteiger partial charge is 0.124 e. The van der Waals surface area contributed by atoms with Crippen LogP contribution in [0.3, 0.4) is 0 Å². The molecule has 0 aromatic carbocycles. The van der Waals surface area contributed by atoms with E-state index in [0.717, 1.165) is 24.6 Å². The fourth-order valence-electron chi connectivity index (χ4n) is 3.10. The highest BCUT2D eigenvalue weighted by molar-refractivity contribution is 5.43. The molecule has 0 unspecified atom stereocenters. The van der Waals surface area contributed by atoms with E-state index >= 15 is 0 Å². The molecule has 3 heteroatoms. The third-order valence-electron chi connectivity index (χ3n) is 4.10. The second kappa shape index (κ2) is 5.77. The first kappa shape index (κ1) is 13.4. The number of aromatic nitrogens is 2. The summed E-state index contributed by atoms with van der Waals surface area (Å²) in [5, 5.41) is 4.65. The Morgan fingerprint density at radius 2 is 1.94 bits per heavy atom. The normalized spacial score (nSPS) is 17.6. The van der Waals surface area contributed by atoms with Crippen LogP contribution in [0, 0.1) is 11.8 Å². The van der Waals surface area contributed by atoms with Crippen LogP contribution in [0.15, 0.2) is 0 Å². The first-order chi connectivity index (χ1) is 8.58. The zero-order valence-electron chi connectivity index (χ0n) is 12.1. The minimum atomic E-state index is 0.640. The molecule has 102 valence electrons. The summed E-state index contributed by atoms with van der Waals surface area (Å²) in [7, 11) is 1.96. The molecule has 0 spiro atoms. The molecule has 1 aliphatic carbocycles. The summed E-state index contributed by atoms with van der Waals surface area (Å²) in [6, 6.07) is 0. The standard InChI is InChI=1S/C15H27N3/c1-11(2)9-13-14(17-18(3)15(13)16)10-12-7-5-4-6-8-12/h11-12H,4-10,16H2,1-3H3. The molecule has 0 bridgehead atoms. The number of nitrogen functional groups attached to an aromatic ring is 1. The van der Waals surface area contributed by atoms with Crippen LogP contribution in [0.2, 0.25) is 0 Å². The van der Waals surface area contributed by atoms with Crippen LogP contribution in [0.5, 0.6) is 0 Å². The molecule has 0 aliphatic heterocycles. The minimum Gasteiger partial charge on any atom is -0.384 e. The van der Waals surface area contributed by atoms with Crippen molar-refractivity contribution in [2.45, 2.75) is 58.8 Å². The van der Waals surface area contributed by atoms with E-state index in [0.29, 0.717) is 5.92 Å². The maximum Gasteiger partial charge on any atom is 0.124 e. The van der Waals surface area contributed by atoms with E-state index in [1.165, 1.54) is 43.4 Å². The van der Waals surface area contributed by atoms with Crippen molar-refractivity contribution in [3.05, 3.63) is 11.3 Å². The quantitative estimate of drug-likeness (QED) is 0.889. The predicted molar refractivity (Wildman–Crippen MR) is 76.4 cm³/mol. The largest absolute Gasteiger partial charge is 0.384 e. The number of rotatable bonds is 4. The Morgan fingerprint density at radius 1 is 1.28 bits per heavy atom. The molecule has 1 aromatic heterocycles. The van der Waals surface area contributed by atoms with Gasteiger partial charge in [-0.15, -0.1) is 0 Å². The van der Waals surface area contributed by atoms with Crippen molar-refractivity contribution in [2.75, 3.05) is 5.73 Å². The van der Waals surface area contributed by atoms with Gasteiger partial charge in [-0.3, -0.25) is 4.68 Å². The van der Waals surface area contributed by atoms with E-state index in [-0.39, 0.29) is 0 Å². The van der Waals surface area contributed by atoms with E-state index in [1.807, 2.05) is 11.7 Å². The topological polar surface area (TPSA) is 43.8 Å². The summed E-state index contributed by atoms with van der Waals surface area (Å²) in [6.07, 6.45) is 9.14. The zero-order chi connectivity index (χ0) is 13.1. The van der Waals surface area contributed by atoms with Gasteiger partial charge in [0, 0.05) is 12.6 Å². The van der Waals surface area contributed by atoms with E-state index < -0.39 is 0 Å². The number of hydrogen-bond acceptors (Lipinski definition) is 2. The lowest BCUT2D eigenvalue weighted by Crippen LogP contribution is -2.11. The van der Waals surface area contributed by atoms with Crippen LogP contribution >= 0.6 is 0 Å². The average molecular weight is 249 g/mol. The molecular weight excluding hydrogens is 222 g/mol. The fraction of sp³-hybridized carbons (Fsp3) is 0.800. The first-order valence-electron chi connectivity index (χ1n) is 7.38. The Kier molecular flexibility index (Phi) is 4.31. The number of hydrogen-bond donors (Lipinski definition) is 1. The summed E-state index contributed by atoms with van der Waals surface area (Å²) in [5.74, 6) is 2.34. The van der Waals surface area contributed by atoms with Gasteiger partial charge in [-0.2, -0.15) is 5.10 Å². The van der Waals surface area contributed by atoms with Gasteiger partial charge in [0.15, 0.2) is 0 Å². The monoisotopic (exact) mass is 249 g/mol. The first-order valence-corrected chi connectivity index (χ1v) is 7.38. The maximum atomic E-state index is 6.16. The molecule has 1 aliphatic rings. The number of nitrogens with zero attached hydrogens (tertiary/aromatic N) is 2. The number of nitrogens with two attached hydrogens (primary N) is 1. The molecule has 3 nitrogen and oxygen atoms in total. The van der Waals surface area contributed by atoms with Gasteiger partial charge in [-0.1, -0.05) is 46.0 Å². The van der Waals surface area contributed by atoms with Crippen molar-refractivity contribution < 1.29 is 0 Å². The zero-order valence-corrected chi connectivity index (χ0v) is 12.1. The van der Waals surface area contributed by atoms with Crippen LogP contribution in [-0.2, 0) is 19.9 Å². The molecule has 1 aromatic rings. The van der Waals surface area contributed by atoms with Gasteiger partial charge in [-0.05, 0) is 24.7 Å². The Hall–Kier alpha value is -0.990. The average Bonchev–Trinajstić information content (AvgIpc) is 2.58. The Balaban J connectivity index is 2.12. The molecule has 18 heavy (non-hydrogen) atoms. The minimum absolute atomic E-state index is 0.640. The molecule has 1 heterocycles. The van der Waals surface area contributed by atoms with E-state index in [9.17, 15) is 0 Å². The third kappa shape index (κ3) is 3.06. The highest BCUT2D eigenvalue weighted by Gasteiger charge is 2.20. The van der Waals surface area contributed by atoms with Crippen LogP contribution in [0.4, 0.5) is 5.82 Å². The number of aryl methyl sites for hydroxylation is 1. The summed E-state index contributed by atoms with van der Waals surface area (Å²) >= 11 is 0.